The lowest BCUT2D eigenvalue weighted by atomic mass is 10.1. The Bertz CT molecular complexity index is 723. The first-order valence-electron chi connectivity index (χ1n) is 8.10. The average Bonchev–Trinajstić information content (AvgIpc) is 3.13. The van der Waals surface area contributed by atoms with Crippen LogP contribution in [0, 0.1) is 5.82 Å². The maximum atomic E-state index is 12.8. The van der Waals surface area contributed by atoms with Crippen molar-refractivity contribution in [3.05, 3.63) is 87.9 Å². The molecule has 0 fully saturated rings. The number of hydrogen-bond donors (Lipinski definition) is 1. The molecule has 3 rings (SSSR count). The number of halogens is 1. The molecule has 2 nitrogen and oxygen atoms in total. The smallest absolute Gasteiger partial charge is 0.123 e. The summed E-state index contributed by atoms with van der Waals surface area (Å²) in [5, 5.41) is 4.33. The molecule has 0 spiro atoms. The minimum atomic E-state index is -0.177. The van der Waals surface area contributed by atoms with E-state index in [0.717, 1.165) is 25.3 Å². The van der Waals surface area contributed by atoms with E-state index in [1.807, 2.05) is 30.3 Å². The molecule has 0 amide bonds. The molecule has 1 aromatic heterocycles. The van der Waals surface area contributed by atoms with Crippen molar-refractivity contribution in [1.29, 1.82) is 0 Å². The van der Waals surface area contributed by atoms with Crippen molar-refractivity contribution in [2.45, 2.75) is 19.6 Å². The van der Waals surface area contributed by atoms with Gasteiger partial charge in [0.05, 0.1) is 6.54 Å². The summed E-state index contributed by atoms with van der Waals surface area (Å²) < 4.78 is 18.6. The third kappa shape index (κ3) is 5.18. The topological polar surface area (TPSA) is 25.8 Å². The minimum absolute atomic E-state index is 0.177. The number of nitrogens with two attached hydrogens (primary N) is 1. The standard InChI is InChI=1S/C20H20FNOS/c21-18-7-3-16(4-8-18)11-12-22-14-17-5-9-19(10-6-17)23-15-20-2-1-13-24-20/h1-10,13,22H,11-12,14-15H2/p+1. The van der Waals surface area contributed by atoms with Gasteiger partial charge in [-0.15, -0.1) is 11.3 Å². The molecule has 0 saturated carbocycles. The molecule has 124 valence electrons. The van der Waals surface area contributed by atoms with E-state index >= 15 is 0 Å². The van der Waals surface area contributed by atoms with Crippen molar-refractivity contribution in [3.8, 4) is 5.75 Å². The fourth-order valence-electron chi connectivity index (χ4n) is 2.46. The van der Waals surface area contributed by atoms with E-state index in [-0.39, 0.29) is 5.82 Å². The summed E-state index contributed by atoms with van der Waals surface area (Å²) in [6.45, 7) is 2.55. The van der Waals surface area contributed by atoms with E-state index in [9.17, 15) is 4.39 Å². The highest BCUT2D eigenvalue weighted by atomic mass is 32.1. The van der Waals surface area contributed by atoms with Crippen LogP contribution in [-0.4, -0.2) is 6.54 Å². The van der Waals surface area contributed by atoms with Gasteiger partial charge in [0, 0.05) is 16.9 Å². The fraction of sp³-hybridized carbons (Fsp3) is 0.200. The predicted molar refractivity (Wildman–Crippen MR) is 95.7 cm³/mol. The molecule has 0 aliphatic carbocycles. The molecule has 4 heteroatoms. The second kappa shape index (κ2) is 8.62. The monoisotopic (exact) mass is 342 g/mol. The number of benzene rings is 2. The van der Waals surface area contributed by atoms with Gasteiger partial charge in [0.15, 0.2) is 0 Å². The molecule has 0 saturated heterocycles. The number of hydrogen-bond acceptors (Lipinski definition) is 2. The van der Waals surface area contributed by atoms with E-state index in [1.54, 1.807) is 11.3 Å². The molecule has 0 atom stereocenters. The normalized spacial score (nSPS) is 10.7. The van der Waals surface area contributed by atoms with Gasteiger partial charge in [0.1, 0.15) is 24.7 Å². The molecule has 0 unspecified atom stereocenters. The third-order valence-corrected chi connectivity index (χ3v) is 4.66. The summed E-state index contributed by atoms with van der Waals surface area (Å²) in [6, 6.07) is 19.1. The summed E-state index contributed by atoms with van der Waals surface area (Å²) >= 11 is 1.71. The molecule has 1 heterocycles. The predicted octanol–water partition coefficient (Wildman–Crippen LogP) is 3.77. The summed E-state index contributed by atoms with van der Waals surface area (Å²) in [4.78, 5) is 1.23. The Hall–Kier alpha value is -2.17. The Kier molecular flexibility index (Phi) is 5.99. The number of thiophene rings is 1. The quantitative estimate of drug-likeness (QED) is 0.620. The van der Waals surface area contributed by atoms with Gasteiger partial charge in [-0.05, 0) is 53.4 Å². The molecule has 0 aliphatic rings. The Labute approximate surface area is 145 Å². The van der Waals surface area contributed by atoms with Gasteiger partial charge >= 0.3 is 0 Å². The zero-order valence-corrected chi connectivity index (χ0v) is 14.3. The van der Waals surface area contributed by atoms with Crippen LogP contribution in [0.4, 0.5) is 4.39 Å². The van der Waals surface area contributed by atoms with Crippen molar-refractivity contribution in [2.75, 3.05) is 6.54 Å². The van der Waals surface area contributed by atoms with Crippen LogP contribution < -0.4 is 10.1 Å². The largest absolute Gasteiger partial charge is 0.488 e. The number of ether oxygens (including phenoxy) is 1. The molecule has 0 radical (unpaired) electrons. The SMILES string of the molecule is Fc1ccc(CC[NH2+]Cc2ccc(OCc3cccs3)cc2)cc1. The van der Waals surface area contributed by atoms with Crippen molar-refractivity contribution >= 4 is 11.3 Å². The van der Waals surface area contributed by atoms with Crippen LogP contribution in [0.25, 0.3) is 0 Å². The second-order valence-electron chi connectivity index (χ2n) is 5.67. The van der Waals surface area contributed by atoms with E-state index in [0.29, 0.717) is 6.61 Å². The van der Waals surface area contributed by atoms with Gasteiger partial charge in [-0.1, -0.05) is 18.2 Å². The average molecular weight is 342 g/mol. The van der Waals surface area contributed by atoms with Crippen LogP contribution >= 0.6 is 11.3 Å². The Morgan fingerprint density at radius 3 is 2.38 bits per heavy atom. The second-order valence-corrected chi connectivity index (χ2v) is 6.70. The van der Waals surface area contributed by atoms with Gasteiger partial charge in [0.2, 0.25) is 0 Å². The van der Waals surface area contributed by atoms with E-state index < -0.39 is 0 Å². The molecule has 2 aromatic carbocycles. The van der Waals surface area contributed by atoms with Crippen molar-refractivity contribution < 1.29 is 14.4 Å². The maximum Gasteiger partial charge on any atom is 0.123 e. The van der Waals surface area contributed by atoms with Crippen LogP contribution in [0.2, 0.25) is 0 Å². The molecule has 0 bridgehead atoms. The summed E-state index contributed by atoms with van der Waals surface area (Å²) in [5.74, 6) is 0.725. The lowest BCUT2D eigenvalue weighted by Crippen LogP contribution is -2.83. The molecular weight excluding hydrogens is 321 g/mol. The summed E-state index contributed by atoms with van der Waals surface area (Å²) in [5.41, 5.74) is 2.45. The first-order valence-corrected chi connectivity index (χ1v) is 8.98. The van der Waals surface area contributed by atoms with Gasteiger partial charge in [0.25, 0.3) is 0 Å². The Morgan fingerprint density at radius 2 is 1.67 bits per heavy atom. The first-order chi connectivity index (χ1) is 11.8. The maximum absolute atomic E-state index is 12.8. The zero-order chi connectivity index (χ0) is 16.6. The number of quaternary nitrogens is 1. The highest BCUT2D eigenvalue weighted by Crippen LogP contribution is 2.16. The molecule has 0 aliphatic heterocycles. The van der Waals surface area contributed by atoms with Gasteiger partial charge < -0.3 is 10.1 Å². The van der Waals surface area contributed by atoms with Gasteiger partial charge in [-0.2, -0.15) is 0 Å². The number of rotatable bonds is 8. The van der Waals surface area contributed by atoms with Crippen molar-refractivity contribution in [3.63, 3.8) is 0 Å². The van der Waals surface area contributed by atoms with Crippen LogP contribution in [0.3, 0.4) is 0 Å². The highest BCUT2D eigenvalue weighted by molar-refractivity contribution is 7.09. The fourth-order valence-corrected chi connectivity index (χ4v) is 3.08. The molecule has 24 heavy (non-hydrogen) atoms. The van der Waals surface area contributed by atoms with Crippen LogP contribution in [-0.2, 0) is 19.6 Å². The summed E-state index contributed by atoms with van der Waals surface area (Å²) in [6.07, 6.45) is 0.947. The van der Waals surface area contributed by atoms with Crippen molar-refractivity contribution in [1.82, 2.24) is 0 Å². The zero-order valence-electron chi connectivity index (χ0n) is 13.5. The van der Waals surface area contributed by atoms with E-state index in [4.69, 9.17) is 4.74 Å². The first kappa shape index (κ1) is 16.7. The van der Waals surface area contributed by atoms with Crippen LogP contribution in [0.5, 0.6) is 5.75 Å². The highest BCUT2D eigenvalue weighted by Gasteiger charge is 2.00. The van der Waals surface area contributed by atoms with E-state index in [1.165, 1.54) is 28.1 Å². The summed E-state index contributed by atoms with van der Waals surface area (Å²) in [7, 11) is 0. The van der Waals surface area contributed by atoms with Gasteiger partial charge in [-0.25, -0.2) is 4.39 Å². The Morgan fingerprint density at radius 1 is 0.917 bits per heavy atom. The Balaban J connectivity index is 1.38. The van der Waals surface area contributed by atoms with Gasteiger partial charge in [-0.3, -0.25) is 0 Å². The van der Waals surface area contributed by atoms with Crippen molar-refractivity contribution in [2.24, 2.45) is 0 Å². The molecule has 2 N–H and O–H groups in total. The molecule has 3 aromatic rings. The van der Waals surface area contributed by atoms with Crippen LogP contribution in [0.1, 0.15) is 16.0 Å². The molecular formula is C20H21FNOS+. The van der Waals surface area contributed by atoms with Crippen LogP contribution in [0.15, 0.2) is 66.0 Å². The lowest BCUT2D eigenvalue weighted by molar-refractivity contribution is -0.670. The third-order valence-electron chi connectivity index (χ3n) is 3.81. The lowest BCUT2D eigenvalue weighted by Gasteiger charge is -2.06. The minimum Gasteiger partial charge on any atom is -0.488 e. The van der Waals surface area contributed by atoms with E-state index in [2.05, 4.69) is 28.9 Å².